The van der Waals surface area contributed by atoms with Crippen LogP contribution in [-0.2, 0) is 6.54 Å². The van der Waals surface area contributed by atoms with Gasteiger partial charge in [-0.2, -0.15) is 0 Å². The summed E-state index contributed by atoms with van der Waals surface area (Å²) in [7, 11) is 0. The van der Waals surface area contributed by atoms with E-state index in [2.05, 4.69) is 4.98 Å². The molecule has 0 aliphatic rings. The molecule has 1 atom stereocenters. The molecule has 0 fully saturated rings. The highest BCUT2D eigenvalue weighted by molar-refractivity contribution is 6.35. The molecule has 1 aromatic heterocycles. The fourth-order valence-electron chi connectivity index (χ4n) is 2.21. The number of para-hydroxylation sites is 2. The summed E-state index contributed by atoms with van der Waals surface area (Å²) < 4.78 is 1.91. The van der Waals surface area contributed by atoms with E-state index in [9.17, 15) is 5.11 Å². The van der Waals surface area contributed by atoms with Crippen LogP contribution in [0.5, 0.6) is 0 Å². The number of aliphatic hydroxyl groups is 1. The molecule has 0 aliphatic heterocycles. The summed E-state index contributed by atoms with van der Waals surface area (Å²) in [5, 5.41) is 11.4. The van der Waals surface area contributed by atoms with Gasteiger partial charge in [-0.25, -0.2) is 4.98 Å². The fraction of sp³-hybridized carbons (Fsp3) is 0.133. The summed E-state index contributed by atoms with van der Waals surface area (Å²) in [6, 6.07) is 12.9. The van der Waals surface area contributed by atoms with Crippen molar-refractivity contribution in [2.75, 3.05) is 0 Å². The number of halogens is 2. The molecule has 1 heterocycles. The molecule has 2 aromatic carbocycles. The lowest BCUT2D eigenvalue weighted by Gasteiger charge is -2.14. The molecule has 1 N–H and O–H groups in total. The van der Waals surface area contributed by atoms with E-state index < -0.39 is 6.10 Å². The van der Waals surface area contributed by atoms with E-state index in [-0.39, 0.29) is 0 Å². The second-order valence-electron chi connectivity index (χ2n) is 4.57. The topological polar surface area (TPSA) is 38.0 Å². The third-order valence-corrected chi connectivity index (χ3v) is 3.78. The first kappa shape index (κ1) is 13.4. The predicted octanol–water partition coefficient (Wildman–Crippen LogP) is 4.08. The van der Waals surface area contributed by atoms with Crippen LogP contribution in [0.2, 0.25) is 10.0 Å². The van der Waals surface area contributed by atoms with Gasteiger partial charge in [-0.1, -0.05) is 41.4 Å². The number of nitrogens with zero attached hydrogens (tertiary/aromatic N) is 2. The van der Waals surface area contributed by atoms with Crippen molar-refractivity contribution in [2.45, 2.75) is 12.6 Å². The van der Waals surface area contributed by atoms with Crippen LogP contribution in [0, 0.1) is 0 Å². The van der Waals surface area contributed by atoms with Gasteiger partial charge in [0.2, 0.25) is 0 Å². The van der Waals surface area contributed by atoms with E-state index in [1.54, 1.807) is 24.5 Å². The number of hydrogen-bond donors (Lipinski definition) is 1. The van der Waals surface area contributed by atoms with E-state index >= 15 is 0 Å². The highest BCUT2D eigenvalue weighted by Crippen LogP contribution is 2.28. The third kappa shape index (κ3) is 2.52. The van der Waals surface area contributed by atoms with Gasteiger partial charge in [0.05, 0.1) is 30.0 Å². The first-order valence-corrected chi connectivity index (χ1v) is 6.93. The van der Waals surface area contributed by atoms with Crippen LogP contribution in [0.4, 0.5) is 0 Å². The van der Waals surface area contributed by atoms with Gasteiger partial charge in [0.25, 0.3) is 0 Å². The molecule has 0 unspecified atom stereocenters. The quantitative estimate of drug-likeness (QED) is 0.792. The maximum absolute atomic E-state index is 10.3. The molecule has 0 bridgehead atoms. The number of imidazole rings is 1. The maximum atomic E-state index is 10.3. The van der Waals surface area contributed by atoms with Gasteiger partial charge in [0, 0.05) is 15.6 Å². The minimum absolute atomic E-state index is 0.391. The van der Waals surface area contributed by atoms with Crippen molar-refractivity contribution in [1.82, 2.24) is 9.55 Å². The minimum atomic E-state index is -0.711. The van der Waals surface area contributed by atoms with Crippen molar-refractivity contribution >= 4 is 34.2 Å². The molecule has 3 aromatic rings. The van der Waals surface area contributed by atoms with Crippen LogP contribution in [0.15, 0.2) is 48.8 Å². The van der Waals surface area contributed by atoms with Gasteiger partial charge < -0.3 is 9.67 Å². The van der Waals surface area contributed by atoms with E-state index in [0.29, 0.717) is 22.2 Å². The van der Waals surface area contributed by atoms with Crippen molar-refractivity contribution in [3.05, 3.63) is 64.4 Å². The zero-order chi connectivity index (χ0) is 14.1. The molecule has 0 spiro atoms. The molecule has 0 amide bonds. The zero-order valence-electron chi connectivity index (χ0n) is 10.5. The summed E-state index contributed by atoms with van der Waals surface area (Å²) in [4.78, 5) is 4.30. The number of hydrogen-bond acceptors (Lipinski definition) is 2. The lowest BCUT2D eigenvalue weighted by atomic mass is 10.1. The largest absolute Gasteiger partial charge is 0.386 e. The SMILES string of the molecule is O[C@@H](Cn1cnc2ccccc21)c1ccc(Cl)cc1Cl. The number of rotatable bonds is 3. The van der Waals surface area contributed by atoms with E-state index in [4.69, 9.17) is 23.2 Å². The molecule has 0 aliphatic carbocycles. The standard InChI is InChI=1S/C15H12Cl2N2O/c16-10-5-6-11(12(17)7-10)15(20)8-19-9-18-13-3-1-2-4-14(13)19/h1-7,9,15,20H,8H2/t15-/m0/s1. The normalized spacial score (nSPS) is 12.8. The van der Waals surface area contributed by atoms with Gasteiger partial charge in [-0.15, -0.1) is 0 Å². The first-order chi connectivity index (χ1) is 9.65. The van der Waals surface area contributed by atoms with E-state index in [1.807, 2.05) is 28.8 Å². The van der Waals surface area contributed by atoms with Gasteiger partial charge in [0.1, 0.15) is 0 Å². The van der Waals surface area contributed by atoms with Crippen molar-refractivity contribution in [2.24, 2.45) is 0 Å². The Morgan fingerprint density at radius 3 is 2.75 bits per heavy atom. The van der Waals surface area contributed by atoms with Crippen LogP contribution >= 0.6 is 23.2 Å². The number of aromatic nitrogens is 2. The average Bonchev–Trinajstić information content (AvgIpc) is 2.82. The fourth-order valence-corrected chi connectivity index (χ4v) is 2.75. The van der Waals surface area contributed by atoms with Gasteiger partial charge in [0.15, 0.2) is 0 Å². The molecule has 20 heavy (non-hydrogen) atoms. The van der Waals surface area contributed by atoms with Crippen LogP contribution in [0.25, 0.3) is 11.0 Å². The number of benzene rings is 2. The average molecular weight is 307 g/mol. The second kappa shape index (κ2) is 5.44. The number of fused-ring (bicyclic) bond motifs is 1. The maximum Gasteiger partial charge on any atom is 0.0983 e. The monoisotopic (exact) mass is 306 g/mol. The summed E-state index contributed by atoms with van der Waals surface area (Å²) in [6.45, 7) is 0.391. The second-order valence-corrected chi connectivity index (χ2v) is 5.41. The van der Waals surface area contributed by atoms with Gasteiger partial charge >= 0.3 is 0 Å². The smallest absolute Gasteiger partial charge is 0.0983 e. The Morgan fingerprint density at radius 2 is 1.95 bits per heavy atom. The molecule has 0 saturated heterocycles. The lowest BCUT2D eigenvalue weighted by molar-refractivity contribution is 0.158. The van der Waals surface area contributed by atoms with E-state index in [0.717, 1.165) is 11.0 Å². The summed E-state index contributed by atoms with van der Waals surface area (Å²) >= 11 is 12.0. The molecule has 3 nitrogen and oxygen atoms in total. The van der Waals surface area contributed by atoms with Crippen LogP contribution < -0.4 is 0 Å². The third-order valence-electron chi connectivity index (χ3n) is 3.22. The zero-order valence-corrected chi connectivity index (χ0v) is 12.0. The van der Waals surface area contributed by atoms with Crippen LogP contribution in [-0.4, -0.2) is 14.7 Å². The van der Waals surface area contributed by atoms with Crippen molar-refractivity contribution in [3.8, 4) is 0 Å². The predicted molar refractivity (Wildman–Crippen MR) is 81.2 cm³/mol. The summed E-state index contributed by atoms with van der Waals surface area (Å²) in [5.74, 6) is 0. The van der Waals surface area contributed by atoms with Crippen molar-refractivity contribution < 1.29 is 5.11 Å². The molecule has 0 saturated carbocycles. The number of aliphatic hydroxyl groups excluding tert-OH is 1. The van der Waals surface area contributed by atoms with Crippen LogP contribution in [0.3, 0.4) is 0 Å². The molecule has 102 valence electrons. The molecule has 5 heteroatoms. The Balaban J connectivity index is 1.90. The lowest BCUT2D eigenvalue weighted by Crippen LogP contribution is -2.08. The summed E-state index contributed by atoms with van der Waals surface area (Å²) in [6.07, 6.45) is 1.01. The summed E-state index contributed by atoms with van der Waals surface area (Å²) in [5.41, 5.74) is 2.55. The highest BCUT2D eigenvalue weighted by atomic mass is 35.5. The van der Waals surface area contributed by atoms with Crippen LogP contribution in [0.1, 0.15) is 11.7 Å². The molecule has 0 radical (unpaired) electrons. The molecule has 3 rings (SSSR count). The van der Waals surface area contributed by atoms with Gasteiger partial charge in [-0.3, -0.25) is 0 Å². The Bertz CT molecular complexity index is 754. The first-order valence-electron chi connectivity index (χ1n) is 6.18. The Morgan fingerprint density at radius 1 is 1.15 bits per heavy atom. The Hall–Kier alpha value is -1.55. The molecular formula is C15H12Cl2N2O. The van der Waals surface area contributed by atoms with Crippen molar-refractivity contribution in [1.29, 1.82) is 0 Å². The van der Waals surface area contributed by atoms with Gasteiger partial charge in [-0.05, 0) is 24.3 Å². The molecular weight excluding hydrogens is 295 g/mol. The Kier molecular flexibility index (Phi) is 3.66. The Labute approximate surface area is 126 Å². The van der Waals surface area contributed by atoms with E-state index in [1.165, 1.54) is 0 Å². The van der Waals surface area contributed by atoms with Crippen molar-refractivity contribution in [3.63, 3.8) is 0 Å². The minimum Gasteiger partial charge on any atom is -0.386 e. The highest BCUT2D eigenvalue weighted by Gasteiger charge is 2.14.